The lowest BCUT2D eigenvalue weighted by atomic mass is 9.91. The molecule has 3 fully saturated rings. The molecule has 0 saturated carbocycles. The molecule has 3 unspecified atom stereocenters. The zero-order chi connectivity index (χ0) is 20.4. The molecule has 8 heteroatoms. The van der Waals surface area contributed by atoms with Gasteiger partial charge in [-0.15, -0.1) is 0 Å². The molecule has 2 bridgehead atoms. The third-order valence-corrected chi connectivity index (χ3v) is 5.69. The topological polar surface area (TPSA) is 97.6 Å². The van der Waals surface area contributed by atoms with Crippen LogP contribution in [0.2, 0.25) is 0 Å². The smallest absolute Gasteiger partial charge is 0.332 e. The summed E-state index contributed by atoms with van der Waals surface area (Å²) in [4.78, 5) is 47.5. The Kier molecular flexibility index (Phi) is 3.96. The molecule has 3 atom stereocenters. The quantitative estimate of drug-likeness (QED) is 0.728. The van der Waals surface area contributed by atoms with Crippen LogP contribution in [0.15, 0.2) is 12.3 Å². The summed E-state index contributed by atoms with van der Waals surface area (Å²) in [6.45, 7) is 8.23. The molecule has 0 aromatic carbocycles. The number of hydrogen-bond donors (Lipinski definition) is 0. The van der Waals surface area contributed by atoms with Crippen LogP contribution in [-0.2, 0) is 9.59 Å². The van der Waals surface area contributed by atoms with Crippen molar-refractivity contribution in [2.45, 2.75) is 58.7 Å². The Labute approximate surface area is 163 Å². The highest BCUT2D eigenvalue weighted by Crippen LogP contribution is 2.43. The van der Waals surface area contributed by atoms with Crippen LogP contribution >= 0.6 is 0 Å². The minimum absolute atomic E-state index is 0.0363. The number of carbonyl (C=O) groups excluding carboxylic acids is 3. The number of urea groups is 1. The molecule has 0 radical (unpaired) electrons. The summed E-state index contributed by atoms with van der Waals surface area (Å²) in [5, 5.41) is 9.04. The maximum atomic E-state index is 13.1. The molecule has 0 N–H and O–H groups in total. The fourth-order valence-corrected chi connectivity index (χ4v) is 4.54. The van der Waals surface area contributed by atoms with E-state index in [1.165, 1.54) is 6.20 Å². The van der Waals surface area contributed by atoms with Crippen molar-refractivity contribution in [1.29, 1.82) is 5.26 Å². The van der Waals surface area contributed by atoms with Crippen LogP contribution in [-0.4, -0.2) is 57.3 Å². The number of rotatable bonds is 2. The Morgan fingerprint density at radius 1 is 1.36 bits per heavy atom. The third-order valence-electron chi connectivity index (χ3n) is 5.69. The summed E-state index contributed by atoms with van der Waals surface area (Å²) in [6.07, 6.45) is 2.44. The summed E-state index contributed by atoms with van der Waals surface area (Å²) >= 11 is 0. The molecule has 3 aliphatic rings. The molecule has 0 spiro atoms. The van der Waals surface area contributed by atoms with Crippen molar-refractivity contribution in [2.75, 3.05) is 11.4 Å². The normalized spacial score (nSPS) is 26.1. The molecule has 1 aromatic heterocycles. The lowest BCUT2D eigenvalue weighted by Crippen LogP contribution is -2.55. The minimum Gasteiger partial charge on any atom is -0.335 e. The van der Waals surface area contributed by atoms with E-state index in [2.05, 4.69) is 4.98 Å². The first-order valence-corrected chi connectivity index (χ1v) is 9.45. The Morgan fingerprint density at radius 2 is 2.07 bits per heavy atom. The minimum atomic E-state index is -0.633. The summed E-state index contributed by atoms with van der Waals surface area (Å²) in [7, 11) is 0. The fourth-order valence-electron chi connectivity index (χ4n) is 4.54. The summed E-state index contributed by atoms with van der Waals surface area (Å²) in [5.74, 6) is -0.286. The van der Waals surface area contributed by atoms with Crippen LogP contribution < -0.4 is 4.90 Å². The monoisotopic (exact) mass is 381 g/mol. The van der Waals surface area contributed by atoms with Gasteiger partial charge in [0.1, 0.15) is 17.8 Å². The van der Waals surface area contributed by atoms with Crippen LogP contribution in [0.3, 0.4) is 0 Å². The van der Waals surface area contributed by atoms with Crippen LogP contribution in [0.25, 0.3) is 0 Å². The lowest BCUT2D eigenvalue weighted by molar-refractivity contribution is -0.137. The van der Waals surface area contributed by atoms with Crippen LogP contribution in [0.1, 0.15) is 44.9 Å². The number of likely N-dealkylation sites (tertiary alicyclic amines) is 1. The number of aromatic nitrogens is 1. The van der Waals surface area contributed by atoms with E-state index in [9.17, 15) is 14.4 Å². The van der Waals surface area contributed by atoms with Crippen molar-refractivity contribution < 1.29 is 14.4 Å². The van der Waals surface area contributed by atoms with E-state index in [-0.39, 0.29) is 41.0 Å². The van der Waals surface area contributed by atoms with Gasteiger partial charge in [-0.1, -0.05) is 20.8 Å². The number of imide groups is 1. The summed E-state index contributed by atoms with van der Waals surface area (Å²) < 4.78 is 0. The van der Waals surface area contributed by atoms with Gasteiger partial charge in [0.2, 0.25) is 5.91 Å². The number of piperazine rings is 1. The van der Waals surface area contributed by atoms with Crippen molar-refractivity contribution >= 4 is 23.5 Å². The van der Waals surface area contributed by atoms with Crippen LogP contribution in [0.5, 0.6) is 0 Å². The number of carbonyl (C=O) groups is 3. The van der Waals surface area contributed by atoms with Crippen LogP contribution in [0, 0.1) is 23.7 Å². The molecule has 8 nitrogen and oxygen atoms in total. The number of amides is 4. The molecule has 1 aromatic rings. The van der Waals surface area contributed by atoms with E-state index in [4.69, 9.17) is 5.26 Å². The van der Waals surface area contributed by atoms with Gasteiger partial charge < -0.3 is 9.80 Å². The Morgan fingerprint density at radius 3 is 2.68 bits per heavy atom. The first kappa shape index (κ1) is 18.4. The lowest BCUT2D eigenvalue weighted by Gasteiger charge is -2.36. The average molecular weight is 381 g/mol. The highest BCUT2D eigenvalue weighted by atomic mass is 16.2. The Hall–Kier alpha value is -2.95. The number of nitrogens with zero attached hydrogens (tertiary/aromatic N) is 5. The van der Waals surface area contributed by atoms with Crippen molar-refractivity contribution in [3.63, 3.8) is 0 Å². The van der Waals surface area contributed by atoms with Gasteiger partial charge in [-0.2, -0.15) is 5.26 Å². The molecular weight excluding hydrogens is 358 g/mol. The number of pyridine rings is 1. The van der Waals surface area contributed by atoms with Gasteiger partial charge in [-0.25, -0.2) is 14.7 Å². The van der Waals surface area contributed by atoms with Gasteiger partial charge in [-0.05, 0) is 30.4 Å². The SMILES string of the molecule is Cc1cc(N2C(=O)C3C4CC(CN4C(=O)CC(C)(C)C)N3C2=O)cnc1C#N. The van der Waals surface area contributed by atoms with Gasteiger partial charge in [0.05, 0.1) is 24.0 Å². The van der Waals surface area contributed by atoms with E-state index < -0.39 is 6.04 Å². The number of anilines is 1. The summed E-state index contributed by atoms with van der Waals surface area (Å²) in [5.41, 5.74) is 1.11. The van der Waals surface area contributed by atoms with Gasteiger partial charge in [-0.3, -0.25) is 9.59 Å². The van der Waals surface area contributed by atoms with Gasteiger partial charge in [0.25, 0.3) is 5.91 Å². The Balaban J connectivity index is 1.61. The van der Waals surface area contributed by atoms with Crippen molar-refractivity contribution in [3.05, 3.63) is 23.5 Å². The molecule has 4 heterocycles. The van der Waals surface area contributed by atoms with E-state index in [0.29, 0.717) is 30.6 Å². The van der Waals surface area contributed by atoms with E-state index >= 15 is 0 Å². The van der Waals surface area contributed by atoms with Gasteiger partial charge in [0, 0.05) is 13.0 Å². The largest absolute Gasteiger partial charge is 0.335 e. The molecule has 146 valence electrons. The standard InChI is InChI=1S/C20H23N5O3/c1-11-5-12(9-22-14(11)8-21)25-18(27)17-15-6-13(24(17)19(25)28)10-23(15)16(26)7-20(2,3)4/h5,9,13,15,17H,6-7,10H2,1-4H3. The maximum Gasteiger partial charge on any atom is 0.332 e. The number of hydrogen-bond acceptors (Lipinski definition) is 5. The summed E-state index contributed by atoms with van der Waals surface area (Å²) in [6, 6.07) is 2.22. The molecule has 3 aliphatic heterocycles. The zero-order valence-corrected chi connectivity index (χ0v) is 16.5. The molecular formula is C20H23N5O3. The predicted molar refractivity (Wildman–Crippen MR) is 100 cm³/mol. The molecule has 4 amide bonds. The van der Waals surface area contributed by atoms with Crippen LogP contribution in [0.4, 0.5) is 10.5 Å². The second-order valence-corrected chi connectivity index (χ2v) is 9.02. The second-order valence-electron chi connectivity index (χ2n) is 9.02. The fraction of sp³-hybridized carbons (Fsp3) is 0.550. The van der Waals surface area contributed by atoms with E-state index in [0.717, 1.165) is 4.90 Å². The highest BCUT2D eigenvalue weighted by molar-refractivity contribution is 6.22. The van der Waals surface area contributed by atoms with Gasteiger partial charge in [0.15, 0.2) is 0 Å². The number of nitriles is 1. The second kappa shape index (κ2) is 6.03. The predicted octanol–water partition coefficient (Wildman–Crippen LogP) is 1.82. The average Bonchev–Trinajstić information content (AvgIpc) is 3.25. The third kappa shape index (κ3) is 2.65. The zero-order valence-electron chi connectivity index (χ0n) is 16.5. The van der Waals surface area contributed by atoms with Crippen molar-refractivity contribution in [1.82, 2.24) is 14.8 Å². The van der Waals surface area contributed by atoms with Crippen molar-refractivity contribution in [3.8, 4) is 6.07 Å². The molecule has 0 aliphatic carbocycles. The van der Waals surface area contributed by atoms with Gasteiger partial charge >= 0.3 is 6.03 Å². The Bertz CT molecular complexity index is 929. The number of fused-ring (bicyclic) bond motifs is 5. The first-order chi connectivity index (χ1) is 13.1. The molecule has 28 heavy (non-hydrogen) atoms. The van der Waals surface area contributed by atoms with Crippen molar-refractivity contribution in [2.24, 2.45) is 5.41 Å². The highest BCUT2D eigenvalue weighted by Gasteiger charge is 2.62. The molecule has 4 rings (SSSR count). The van der Waals surface area contributed by atoms with E-state index in [1.807, 2.05) is 26.8 Å². The maximum absolute atomic E-state index is 13.1. The first-order valence-electron chi connectivity index (χ1n) is 9.45. The number of aryl methyl sites for hydroxylation is 1. The van der Waals surface area contributed by atoms with E-state index in [1.54, 1.807) is 22.8 Å². The molecule has 3 saturated heterocycles.